The van der Waals surface area contributed by atoms with Gasteiger partial charge in [-0.1, -0.05) is 12.1 Å². The largest absolute Gasteiger partial charge is 0.326 e. The van der Waals surface area contributed by atoms with Crippen molar-refractivity contribution in [1.29, 1.82) is 0 Å². The Morgan fingerprint density at radius 1 is 1.09 bits per heavy atom. The van der Waals surface area contributed by atoms with Gasteiger partial charge in [0, 0.05) is 5.69 Å². The highest BCUT2D eigenvalue weighted by Gasteiger charge is 2.22. The van der Waals surface area contributed by atoms with E-state index in [1.807, 2.05) is 26.0 Å². The van der Waals surface area contributed by atoms with Gasteiger partial charge in [-0.15, -0.1) is 0 Å². The van der Waals surface area contributed by atoms with Crippen LogP contribution in [0, 0.1) is 13.8 Å². The standard InChI is InChI=1S/C16H16N2O3S/c1-10-3-4-11(2)15(7-10)18-22(20,21)13-5-6-14-12(8-13)9-16(19)17-14/h3-8,18H,9H2,1-2H3,(H,17,19). The van der Waals surface area contributed by atoms with Crippen LogP contribution in [-0.4, -0.2) is 14.3 Å². The maximum absolute atomic E-state index is 12.5. The van der Waals surface area contributed by atoms with E-state index in [9.17, 15) is 13.2 Å². The maximum atomic E-state index is 12.5. The molecule has 2 N–H and O–H groups in total. The Balaban J connectivity index is 1.95. The van der Waals surface area contributed by atoms with Crippen LogP contribution >= 0.6 is 0 Å². The number of fused-ring (bicyclic) bond motifs is 1. The molecule has 0 aromatic heterocycles. The van der Waals surface area contributed by atoms with Crippen molar-refractivity contribution in [2.75, 3.05) is 10.0 Å². The Morgan fingerprint density at radius 3 is 2.64 bits per heavy atom. The molecule has 2 aromatic carbocycles. The summed E-state index contributed by atoms with van der Waals surface area (Å²) in [5.41, 5.74) is 3.78. The molecular formula is C16H16N2O3S. The molecule has 0 spiro atoms. The number of carbonyl (C=O) groups is 1. The van der Waals surface area contributed by atoms with Crippen LogP contribution in [-0.2, 0) is 21.2 Å². The normalized spacial score (nSPS) is 13.6. The summed E-state index contributed by atoms with van der Waals surface area (Å²) >= 11 is 0. The Morgan fingerprint density at radius 2 is 1.86 bits per heavy atom. The van der Waals surface area contributed by atoms with Crippen LogP contribution in [0.1, 0.15) is 16.7 Å². The third kappa shape index (κ3) is 2.69. The number of anilines is 2. The van der Waals surface area contributed by atoms with Gasteiger partial charge in [-0.3, -0.25) is 9.52 Å². The smallest absolute Gasteiger partial charge is 0.261 e. The molecule has 1 aliphatic heterocycles. The van der Waals surface area contributed by atoms with Crippen LogP contribution in [0.15, 0.2) is 41.3 Å². The monoisotopic (exact) mass is 316 g/mol. The molecule has 2 aromatic rings. The van der Waals surface area contributed by atoms with Crippen molar-refractivity contribution >= 4 is 27.3 Å². The van der Waals surface area contributed by atoms with Crippen LogP contribution in [0.2, 0.25) is 0 Å². The molecule has 6 heteroatoms. The van der Waals surface area contributed by atoms with Gasteiger partial charge in [0.05, 0.1) is 17.0 Å². The van der Waals surface area contributed by atoms with Crippen molar-refractivity contribution < 1.29 is 13.2 Å². The summed E-state index contributed by atoms with van der Waals surface area (Å²) in [7, 11) is -3.68. The van der Waals surface area contributed by atoms with E-state index in [2.05, 4.69) is 10.0 Å². The second kappa shape index (κ2) is 5.14. The molecule has 0 aliphatic carbocycles. The highest BCUT2D eigenvalue weighted by molar-refractivity contribution is 7.92. The van der Waals surface area contributed by atoms with Gasteiger partial charge in [0.25, 0.3) is 10.0 Å². The van der Waals surface area contributed by atoms with Crippen molar-refractivity contribution in [3.8, 4) is 0 Å². The molecule has 0 saturated heterocycles. The minimum absolute atomic E-state index is 0.118. The van der Waals surface area contributed by atoms with Gasteiger partial charge in [-0.2, -0.15) is 0 Å². The third-order valence-corrected chi connectivity index (χ3v) is 5.01. The summed E-state index contributed by atoms with van der Waals surface area (Å²) in [6.07, 6.45) is 0.210. The zero-order valence-corrected chi connectivity index (χ0v) is 13.1. The summed E-state index contributed by atoms with van der Waals surface area (Å²) in [5, 5.41) is 2.69. The van der Waals surface area contributed by atoms with E-state index in [1.165, 1.54) is 6.07 Å². The van der Waals surface area contributed by atoms with E-state index in [1.54, 1.807) is 18.2 Å². The number of sulfonamides is 1. The van der Waals surface area contributed by atoms with E-state index in [-0.39, 0.29) is 17.2 Å². The molecule has 0 unspecified atom stereocenters. The second-order valence-electron chi connectivity index (χ2n) is 5.47. The van der Waals surface area contributed by atoms with E-state index in [0.717, 1.165) is 11.1 Å². The first kappa shape index (κ1) is 14.6. The predicted octanol–water partition coefficient (Wildman–Crippen LogP) is 2.60. The molecule has 1 heterocycles. The topological polar surface area (TPSA) is 75.3 Å². The van der Waals surface area contributed by atoms with E-state index >= 15 is 0 Å². The van der Waals surface area contributed by atoms with E-state index < -0.39 is 10.0 Å². The Hall–Kier alpha value is -2.34. The average molecular weight is 316 g/mol. The number of carbonyl (C=O) groups excluding carboxylic acids is 1. The maximum Gasteiger partial charge on any atom is 0.261 e. The van der Waals surface area contributed by atoms with Crippen LogP contribution < -0.4 is 10.0 Å². The minimum Gasteiger partial charge on any atom is -0.326 e. The number of nitrogens with one attached hydrogen (secondary N) is 2. The number of rotatable bonds is 3. The van der Waals surface area contributed by atoms with Crippen molar-refractivity contribution in [3.63, 3.8) is 0 Å². The summed E-state index contributed by atoms with van der Waals surface area (Å²) in [4.78, 5) is 11.5. The third-order valence-electron chi connectivity index (χ3n) is 3.65. The quantitative estimate of drug-likeness (QED) is 0.914. The highest BCUT2D eigenvalue weighted by atomic mass is 32.2. The fraction of sp³-hybridized carbons (Fsp3) is 0.188. The van der Waals surface area contributed by atoms with Gasteiger partial charge in [0.15, 0.2) is 0 Å². The number of amides is 1. The van der Waals surface area contributed by atoms with Gasteiger partial charge < -0.3 is 5.32 Å². The van der Waals surface area contributed by atoms with Gasteiger partial charge >= 0.3 is 0 Å². The lowest BCUT2D eigenvalue weighted by Crippen LogP contribution is -2.14. The van der Waals surface area contributed by atoms with Crippen LogP contribution in [0.25, 0.3) is 0 Å². The summed E-state index contributed by atoms with van der Waals surface area (Å²) in [6, 6.07) is 10.3. The molecule has 0 atom stereocenters. The summed E-state index contributed by atoms with van der Waals surface area (Å²) < 4.78 is 27.7. The number of aryl methyl sites for hydroxylation is 2. The van der Waals surface area contributed by atoms with Gasteiger partial charge in [0.1, 0.15) is 0 Å². The Bertz CT molecular complexity index is 873. The van der Waals surface area contributed by atoms with Crippen LogP contribution in [0.3, 0.4) is 0 Å². The average Bonchev–Trinajstić information content (AvgIpc) is 2.81. The lowest BCUT2D eigenvalue weighted by atomic mass is 10.1. The zero-order valence-electron chi connectivity index (χ0n) is 12.3. The molecule has 1 amide bonds. The van der Waals surface area contributed by atoms with E-state index in [4.69, 9.17) is 0 Å². The Kier molecular flexibility index (Phi) is 3.41. The molecule has 1 aliphatic rings. The highest BCUT2D eigenvalue weighted by Crippen LogP contribution is 2.27. The van der Waals surface area contributed by atoms with Crippen molar-refractivity contribution in [2.24, 2.45) is 0 Å². The van der Waals surface area contributed by atoms with Crippen molar-refractivity contribution in [3.05, 3.63) is 53.1 Å². The first-order valence-electron chi connectivity index (χ1n) is 6.88. The summed E-state index contributed by atoms with van der Waals surface area (Å²) in [5.74, 6) is -0.118. The molecular weight excluding hydrogens is 300 g/mol. The summed E-state index contributed by atoms with van der Waals surface area (Å²) in [6.45, 7) is 3.76. The van der Waals surface area contributed by atoms with Crippen molar-refractivity contribution in [2.45, 2.75) is 25.2 Å². The molecule has 0 fully saturated rings. The first-order valence-corrected chi connectivity index (χ1v) is 8.36. The molecule has 22 heavy (non-hydrogen) atoms. The minimum atomic E-state index is -3.68. The zero-order chi connectivity index (χ0) is 15.9. The van der Waals surface area contributed by atoms with Crippen molar-refractivity contribution in [1.82, 2.24) is 0 Å². The molecule has 0 saturated carbocycles. The number of hydrogen-bond donors (Lipinski definition) is 2. The SMILES string of the molecule is Cc1ccc(C)c(NS(=O)(=O)c2ccc3c(c2)CC(=O)N3)c1. The number of hydrogen-bond acceptors (Lipinski definition) is 3. The lowest BCUT2D eigenvalue weighted by molar-refractivity contribution is -0.115. The first-order chi connectivity index (χ1) is 10.3. The molecule has 5 nitrogen and oxygen atoms in total. The molecule has 114 valence electrons. The predicted molar refractivity (Wildman–Crippen MR) is 85.5 cm³/mol. The molecule has 0 bridgehead atoms. The Labute approximate surface area is 129 Å². The fourth-order valence-corrected chi connectivity index (χ4v) is 3.59. The van der Waals surface area contributed by atoms with Crippen LogP contribution in [0.5, 0.6) is 0 Å². The number of benzene rings is 2. The fourth-order valence-electron chi connectivity index (χ4n) is 2.42. The van der Waals surface area contributed by atoms with Gasteiger partial charge in [-0.25, -0.2) is 8.42 Å². The van der Waals surface area contributed by atoms with Crippen LogP contribution in [0.4, 0.5) is 11.4 Å². The molecule has 3 rings (SSSR count). The van der Waals surface area contributed by atoms with E-state index in [0.29, 0.717) is 16.9 Å². The van der Waals surface area contributed by atoms with Gasteiger partial charge in [0.2, 0.25) is 5.91 Å². The van der Waals surface area contributed by atoms with Gasteiger partial charge in [-0.05, 0) is 54.8 Å². The lowest BCUT2D eigenvalue weighted by Gasteiger charge is -2.12. The second-order valence-corrected chi connectivity index (χ2v) is 7.15. The molecule has 0 radical (unpaired) electrons.